The van der Waals surface area contributed by atoms with Crippen molar-refractivity contribution in [3.05, 3.63) is 23.2 Å². The van der Waals surface area contributed by atoms with Gasteiger partial charge < -0.3 is 9.84 Å². The van der Waals surface area contributed by atoms with E-state index in [0.29, 0.717) is 15.8 Å². The highest BCUT2D eigenvalue weighted by molar-refractivity contribution is 8.15. The van der Waals surface area contributed by atoms with Gasteiger partial charge in [-0.2, -0.15) is 0 Å². The average molecular weight is 394 g/mol. The first-order valence-corrected chi connectivity index (χ1v) is 9.61. The molecular weight excluding hydrogens is 376 g/mol. The van der Waals surface area contributed by atoms with E-state index in [1.54, 1.807) is 39.0 Å². The second kappa shape index (κ2) is 7.12. The Kier molecular flexibility index (Phi) is 5.05. The van der Waals surface area contributed by atoms with Crippen LogP contribution in [-0.4, -0.2) is 44.5 Å². The van der Waals surface area contributed by atoms with Gasteiger partial charge >= 0.3 is 6.09 Å². The standard InChI is InChI=1S/C16H18N4O4S2/c1-16(2,3)24-15(23)20-19-12(22)10-7-25-13(18-10)14-17-9-5-4-8(21)6-11(9)26-14/h4-6,10,21H,7H2,1-3H3,(H,19,22)(H,20,23)/t10-/m1/s1. The Labute approximate surface area is 158 Å². The molecule has 0 spiro atoms. The minimum Gasteiger partial charge on any atom is -0.508 e. The topological polar surface area (TPSA) is 113 Å². The summed E-state index contributed by atoms with van der Waals surface area (Å²) in [7, 11) is 0. The smallest absolute Gasteiger partial charge is 0.426 e. The van der Waals surface area contributed by atoms with Gasteiger partial charge in [0.05, 0.1) is 10.2 Å². The first-order chi connectivity index (χ1) is 12.2. The third-order valence-corrected chi connectivity index (χ3v) is 5.40. The largest absolute Gasteiger partial charge is 0.508 e. The van der Waals surface area contributed by atoms with Crippen molar-refractivity contribution in [1.82, 2.24) is 15.8 Å². The number of benzene rings is 1. The lowest BCUT2D eigenvalue weighted by atomic mass is 10.2. The van der Waals surface area contributed by atoms with E-state index in [0.717, 1.165) is 10.2 Å². The number of phenolic OH excluding ortho intramolecular Hbond substituents is 1. The van der Waals surface area contributed by atoms with Crippen LogP contribution in [0.3, 0.4) is 0 Å². The molecule has 0 unspecified atom stereocenters. The molecule has 1 aromatic carbocycles. The number of nitrogens with one attached hydrogen (secondary N) is 2. The van der Waals surface area contributed by atoms with Gasteiger partial charge in [0.2, 0.25) is 0 Å². The molecule has 1 aliphatic rings. The third-order valence-electron chi connectivity index (χ3n) is 3.20. The van der Waals surface area contributed by atoms with Crippen LogP contribution >= 0.6 is 23.1 Å². The van der Waals surface area contributed by atoms with E-state index in [9.17, 15) is 14.7 Å². The van der Waals surface area contributed by atoms with E-state index in [1.807, 2.05) is 0 Å². The number of hydrogen-bond donors (Lipinski definition) is 3. The highest BCUT2D eigenvalue weighted by Crippen LogP contribution is 2.31. The van der Waals surface area contributed by atoms with Crippen LogP contribution in [0.25, 0.3) is 10.2 Å². The van der Waals surface area contributed by atoms with E-state index < -0.39 is 23.6 Å². The molecule has 8 nitrogen and oxygen atoms in total. The molecule has 2 amide bonds. The molecule has 2 heterocycles. The number of amides is 2. The maximum absolute atomic E-state index is 12.2. The minimum absolute atomic E-state index is 0.180. The summed E-state index contributed by atoms with van der Waals surface area (Å²) in [6.45, 7) is 5.20. The molecule has 1 aliphatic heterocycles. The van der Waals surface area contributed by atoms with Crippen molar-refractivity contribution in [1.29, 1.82) is 0 Å². The van der Waals surface area contributed by atoms with Gasteiger partial charge in [-0.25, -0.2) is 15.2 Å². The number of aromatic nitrogens is 1. The summed E-state index contributed by atoms with van der Waals surface area (Å²) in [5, 5.41) is 10.9. The molecule has 2 aromatic rings. The maximum atomic E-state index is 12.2. The van der Waals surface area contributed by atoms with Crippen LogP contribution in [0.1, 0.15) is 25.8 Å². The Morgan fingerprint density at radius 1 is 1.31 bits per heavy atom. The summed E-state index contributed by atoms with van der Waals surface area (Å²) in [5.74, 6) is 0.217. The fraction of sp³-hybridized carbons (Fsp3) is 0.375. The molecule has 26 heavy (non-hydrogen) atoms. The van der Waals surface area contributed by atoms with Gasteiger partial charge in [-0.15, -0.1) is 23.1 Å². The normalized spacial score (nSPS) is 17.0. The van der Waals surface area contributed by atoms with Crippen molar-refractivity contribution < 1.29 is 19.4 Å². The van der Waals surface area contributed by atoms with E-state index in [2.05, 4.69) is 20.8 Å². The molecule has 1 atom stereocenters. The molecule has 3 rings (SSSR count). The predicted molar refractivity (Wildman–Crippen MR) is 102 cm³/mol. The maximum Gasteiger partial charge on any atom is 0.426 e. The first-order valence-electron chi connectivity index (χ1n) is 7.81. The number of hydrazine groups is 1. The molecule has 0 saturated heterocycles. The van der Waals surface area contributed by atoms with Gasteiger partial charge in [-0.1, -0.05) is 0 Å². The van der Waals surface area contributed by atoms with Crippen LogP contribution in [0.2, 0.25) is 0 Å². The number of aliphatic imine (C=N–C) groups is 1. The van der Waals surface area contributed by atoms with Crippen LogP contribution in [0, 0.1) is 0 Å². The van der Waals surface area contributed by atoms with Crippen molar-refractivity contribution in [3.63, 3.8) is 0 Å². The predicted octanol–water partition coefficient (Wildman–Crippen LogP) is 2.42. The number of carbonyl (C=O) groups is 2. The van der Waals surface area contributed by atoms with Crippen molar-refractivity contribution in [2.45, 2.75) is 32.4 Å². The minimum atomic E-state index is -0.730. The van der Waals surface area contributed by atoms with Gasteiger partial charge in [-0.05, 0) is 39.0 Å². The number of nitrogens with zero attached hydrogens (tertiary/aromatic N) is 2. The van der Waals surface area contributed by atoms with E-state index in [4.69, 9.17) is 4.74 Å². The summed E-state index contributed by atoms with van der Waals surface area (Å²) in [6, 6.07) is 4.34. The molecule has 0 fully saturated rings. The second-order valence-electron chi connectivity index (χ2n) is 6.55. The quantitative estimate of drug-likeness (QED) is 0.674. The zero-order valence-corrected chi connectivity index (χ0v) is 16.0. The number of thiazole rings is 1. The Morgan fingerprint density at radius 3 is 2.81 bits per heavy atom. The third kappa shape index (κ3) is 4.44. The summed E-state index contributed by atoms with van der Waals surface area (Å²) < 4.78 is 5.90. The fourth-order valence-electron chi connectivity index (χ4n) is 2.13. The fourth-order valence-corrected chi connectivity index (χ4v) is 4.23. The molecule has 0 saturated carbocycles. The van der Waals surface area contributed by atoms with E-state index >= 15 is 0 Å². The highest BCUT2D eigenvalue weighted by Gasteiger charge is 2.28. The second-order valence-corrected chi connectivity index (χ2v) is 8.59. The molecule has 138 valence electrons. The van der Waals surface area contributed by atoms with Crippen molar-refractivity contribution in [3.8, 4) is 5.75 Å². The zero-order valence-electron chi connectivity index (χ0n) is 14.4. The van der Waals surface area contributed by atoms with Crippen LogP contribution in [0.15, 0.2) is 23.2 Å². The van der Waals surface area contributed by atoms with E-state index in [1.165, 1.54) is 23.1 Å². The van der Waals surface area contributed by atoms with Crippen LogP contribution in [-0.2, 0) is 9.53 Å². The van der Waals surface area contributed by atoms with Gasteiger partial charge in [-0.3, -0.25) is 15.2 Å². The lowest BCUT2D eigenvalue weighted by molar-refractivity contribution is -0.122. The molecule has 3 N–H and O–H groups in total. The Morgan fingerprint density at radius 2 is 2.08 bits per heavy atom. The summed E-state index contributed by atoms with van der Waals surface area (Å²) in [5.41, 5.74) is 4.66. The Hall–Kier alpha value is -2.33. The summed E-state index contributed by atoms with van der Waals surface area (Å²) >= 11 is 2.83. The van der Waals surface area contributed by atoms with Gasteiger partial charge in [0.1, 0.15) is 27.4 Å². The number of rotatable bonds is 2. The number of carbonyl (C=O) groups excluding carboxylic acids is 2. The number of ether oxygens (including phenoxy) is 1. The lowest BCUT2D eigenvalue weighted by Gasteiger charge is -2.20. The summed E-state index contributed by atoms with van der Waals surface area (Å²) in [4.78, 5) is 32.6. The molecule has 0 bridgehead atoms. The van der Waals surface area contributed by atoms with Crippen molar-refractivity contribution >= 4 is 50.4 Å². The van der Waals surface area contributed by atoms with Crippen LogP contribution in [0.5, 0.6) is 5.75 Å². The molecule has 0 aliphatic carbocycles. The first kappa shape index (κ1) is 18.5. The van der Waals surface area contributed by atoms with Crippen LogP contribution in [0.4, 0.5) is 4.79 Å². The van der Waals surface area contributed by atoms with E-state index in [-0.39, 0.29) is 5.75 Å². The number of phenols is 1. The van der Waals surface area contributed by atoms with Crippen molar-refractivity contribution in [2.75, 3.05) is 5.75 Å². The number of aromatic hydroxyl groups is 1. The number of hydrogen-bond acceptors (Lipinski definition) is 8. The Bertz CT molecular complexity index is 888. The lowest BCUT2D eigenvalue weighted by Crippen LogP contribution is -2.47. The van der Waals surface area contributed by atoms with Gasteiger partial charge in [0, 0.05) is 5.75 Å². The van der Waals surface area contributed by atoms with Gasteiger partial charge in [0.15, 0.2) is 0 Å². The average Bonchev–Trinajstić information content (AvgIpc) is 3.16. The van der Waals surface area contributed by atoms with Crippen molar-refractivity contribution in [2.24, 2.45) is 4.99 Å². The SMILES string of the molecule is CC(C)(C)OC(=O)NNC(=O)[C@H]1CSC(c2nc3ccc(O)cc3s2)=N1. The zero-order chi connectivity index (χ0) is 18.9. The highest BCUT2D eigenvalue weighted by atomic mass is 32.2. The molecule has 10 heteroatoms. The van der Waals surface area contributed by atoms with Gasteiger partial charge in [0.25, 0.3) is 5.91 Å². The molecule has 0 radical (unpaired) electrons. The van der Waals surface area contributed by atoms with Crippen LogP contribution < -0.4 is 10.9 Å². The monoisotopic (exact) mass is 394 g/mol. The Balaban J connectivity index is 1.63. The number of fused-ring (bicyclic) bond motifs is 1. The summed E-state index contributed by atoms with van der Waals surface area (Å²) in [6.07, 6.45) is -0.730. The molecular formula is C16H18N4O4S2. The number of thioether (sulfide) groups is 1. The molecule has 1 aromatic heterocycles.